The van der Waals surface area contributed by atoms with E-state index in [1.165, 1.54) is 0 Å². The zero-order chi connectivity index (χ0) is 14.7. The standard InChI is InChI=1S/C14H12BrN5O/c1-21-11-8-6-10(7-9-11)20-14(17-18-19-20)16-13-5-3-2-4-12(13)15/h2-9H,1H3,(H,16,17,19). The first-order valence-electron chi connectivity index (χ1n) is 6.22. The second kappa shape index (κ2) is 5.92. The van der Waals surface area contributed by atoms with E-state index in [0.29, 0.717) is 5.95 Å². The van der Waals surface area contributed by atoms with Gasteiger partial charge in [-0.2, -0.15) is 4.68 Å². The van der Waals surface area contributed by atoms with E-state index in [2.05, 4.69) is 36.8 Å². The maximum absolute atomic E-state index is 5.15. The van der Waals surface area contributed by atoms with Crippen LogP contribution in [-0.4, -0.2) is 27.3 Å². The Bertz CT molecular complexity index is 741. The summed E-state index contributed by atoms with van der Waals surface area (Å²) in [5, 5.41) is 14.9. The van der Waals surface area contributed by atoms with Gasteiger partial charge in [-0.1, -0.05) is 17.2 Å². The highest BCUT2D eigenvalue weighted by Crippen LogP contribution is 2.25. The summed E-state index contributed by atoms with van der Waals surface area (Å²) in [6.45, 7) is 0. The number of tetrazole rings is 1. The second-order valence-electron chi connectivity index (χ2n) is 4.22. The predicted octanol–water partition coefficient (Wildman–Crippen LogP) is 3.18. The Kier molecular flexibility index (Phi) is 3.83. The quantitative estimate of drug-likeness (QED) is 0.786. The lowest BCUT2D eigenvalue weighted by molar-refractivity contribution is 0.414. The minimum atomic E-state index is 0.534. The Balaban J connectivity index is 1.91. The molecule has 2 aromatic carbocycles. The van der Waals surface area contributed by atoms with E-state index in [1.54, 1.807) is 11.8 Å². The average molecular weight is 346 g/mol. The molecule has 1 heterocycles. The summed E-state index contributed by atoms with van der Waals surface area (Å²) in [4.78, 5) is 0. The van der Waals surface area contributed by atoms with Crippen LogP contribution in [0.15, 0.2) is 53.0 Å². The van der Waals surface area contributed by atoms with Gasteiger partial charge in [-0.15, -0.1) is 0 Å². The van der Waals surface area contributed by atoms with Crippen molar-refractivity contribution in [2.75, 3.05) is 12.4 Å². The van der Waals surface area contributed by atoms with Crippen LogP contribution in [-0.2, 0) is 0 Å². The largest absolute Gasteiger partial charge is 0.497 e. The summed E-state index contributed by atoms with van der Waals surface area (Å²) in [7, 11) is 1.63. The van der Waals surface area contributed by atoms with Gasteiger partial charge in [-0.25, -0.2) is 0 Å². The van der Waals surface area contributed by atoms with E-state index in [4.69, 9.17) is 4.74 Å². The van der Waals surface area contributed by atoms with Gasteiger partial charge in [-0.3, -0.25) is 0 Å². The van der Waals surface area contributed by atoms with Gasteiger partial charge in [0.2, 0.25) is 0 Å². The molecule has 0 aliphatic rings. The number of halogens is 1. The third kappa shape index (κ3) is 2.87. The molecule has 0 aliphatic heterocycles. The molecular formula is C14H12BrN5O. The summed E-state index contributed by atoms with van der Waals surface area (Å²) < 4.78 is 7.71. The van der Waals surface area contributed by atoms with Gasteiger partial charge in [0.25, 0.3) is 5.95 Å². The summed E-state index contributed by atoms with van der Waals surface area (Å²) >= 11 is 3.48. The Morgan fingerprint density at radius 2 is 1.86 bits per heavy atom. The Hall–Kier alpha value is -2.41. The molecule has 0 fully saturated rings. The van der Waals surface area contributed by atoms with Crippen LogP contribution in [0, 0.1) is 0 Å². The fourth-order valence-corrected chi connectivity index (χ4v) is 2.23. The fourth-order valence-electron chi connectivity index (χ4n) is 1.85. The van der Waals surface area contributed by atoms with Crippen molar-refractivity contribution in [2.45, 2.75) is 0 Å². The minimum absolute atomic E-state index is 0.534. The van der Waals surface area contributed by atoms with Gasteiger partial charge in [0.15, 0.2) is 0 Å². The highest BCUT2D eigenvalue weighted by Gasteiger charge is 2.09. The topological polar surface area (TPSA) is 64.9 Å². The van der Waals surface area contributed by atoms with Crippen LogP contribution < -0.4 is 10.1 Å². The molecule has 0 saturated heterocycles. The molecule has 1 N–H and O–H groups in total. The van der Waals surface area contributed by atoms with Crippen LogP contribution in [0.5, 0.6) is 5.75 Å². The summed E-state index contributed by atoms with van der Waals surface area (Å²) in [6, 6.07) is 15.3. The summed E-state index contributed by atoms with van der Waals surface area (Å²) in [6.07, 6.45) is 0. The van der Waals surface area contributed by atoms with Crippen LogP contribution >= 0.6 is 15.9 Å². The number of nitrogens with zero attached hydrogens (tertiary/aromatic N) is 4. The van der Waals surface area contributed by atoms with Gasteiger partial charge < -0.3 is 10.1 Å². The molecule has 0 spiro atoms. The number of hydrogen-bond acceptors (Lipinski definition) is 5. The summed E-state index contributed by atoms with van der Waals surface area (Å²) in [5.74, 6) is 1.32. The lowest BCUT2D eigenvalue weighted by Crippen LogP contribution is -2.03. The normalized spacial score (nSPS) is 10.4. The molecule has 1 aromatic heterocycles. The molecule has 21 heavy (non-hydrogen) atoms. The number of aromatic nitrogens is 4. The van der Waals surface area contributed by atoms with Crippen molar-refractivity contribution in [1.82, 2.24) is 20.2 Å². The lowest BCUT2D eigenvalue weighted by atomic mass is 10.3. The highest BCUT2D eigenvalue weighted by atomic mass is 79.9. The van der Waals surface area contributed by atoms with Gasteiger partial charge in [0.1, 0.15) is 5.75 Å². The molecule has 0 atom stereocenters. The number of anilines is 2. The number of rotatable bonds is 4. The Morgan fingerprint density at radius 1 is 1.10 bits per heavy atom. The second-order valence-corrected chi connectivity index (χ2v) is 5.07. The third-order valence-electron chi connectivity index (χ3n) is 2.91. The zero-order valence-corrected chi connectivity index (χ0v) is 12.8. The third-order valence-corrected chi connectivity index (χ3v) is 3.60. The molecule has 3 aromatic rings. The van der Waals surface area contributed by atoms with Gasteiger partial charge in [0.05, 0.1) is 18.5 Å². The molecule has 0 amide bonds. The molecule has 3 rings (SSSR count). The van der Waals surface area contributed by atoms with Crippen molar-refractivity contribution < 1.29 is 4.74 Å². The number of benzene rings is 2. The number of methoxy groups -OCH3 is 1. The predicted molar refractivity (Wildman–Crippen MR) is 83.1 cm³/mol. The van der Waals surface area contributed by atoms with Crippen LogP contribution in [0.1, 0.15) is 0 Å². The Morgan fingerprint density at radius 3 is 2.57 bits per heavy atom. The van der Waals surface area contributed by atoms with Crippen molar-refractivity contribution in [3.8, 4) is 11.4 Å². The maximum Gasteiger partial charge on any atom is 0.252 e. The number of nitrogens with one attached hydrogen (secondary N) is 1. The van der Waals surface area contributed by atoms with E-state index >= 15 is 0 Å². The lowest BCUT2D eigenvalue weighted by Gasteiger charge is -2.08. The molecule has 106 valence electrons. The average Bonchev–Trinajstić information content (AvgIpc) is 2.98. The SMILES string of the molecule is COc1ccc(-n2nnnc2Nc2ccccc2Br)cc1. The van der Waals surface area contributed by atoms with Crippen LogP contribution in [0.2, 0.25) is 0 Å². The smallest absolute Gasteiger partial charge is 0.252 e. The van der Waals surface area contributed by atoms with Crippen molar-refractivity contribution in [3.05, 3.63) is 53.0 Å². The first kappa shape index (κ1) is 13.6. The molecule has 0 unspecified atom stereocenters. The van der Waals surface area contributed by atoms with Gasteiger partial charge >= 0.3 is 0 Å². The summed E-state index contributed by atoms with van der Waals surface area (Å²) in [5.41, 5.74) is 1.73. The molecule has 0 saturated carbocycles. The van der Waals surface area contributed by atoms with E-state index in [-0.39, 0.29) is 0 Å². The van der Waals surface area contributed by atoms with Crippen molar-refractivity contribution >= 4 is 27.6 Å². The number of ether oxygens (including phenoxy) is 1. The van der Waals surface area contributed by atoms with Crippen molar-refractivity contribution in [3.63, 3.8) is 0 Å². The first-order chi connectivity index (χ1) is 10.3. The van der Waals surface area contributed by atoms with E-state index in [0.717, 1.165) is 21.6 Å². The van der Waals surface area contributed by atoms with Crippen LogP contribution in [0.25, 0.3) is 5.69 Å². The van der Waals surface area contributed by atoms with Crippen molar-refractivity contribution in [2.24, 2.45) is 0 Å². The molecular weight excluding hydrogens is 334 g/mol. The molecule has 0 aliphatic carbocycles. The highest BCUT2D eigenvalue weighted by molar-refractivity contribution is 9.10. The van der Waals surface area contributed by atoms with E-state index in [1.807, 2.05) is 48.5 Å². The van der Waals surface area contributed by atoms with E-state index in [9.17, 15) is 0 Å². The zero-order valence-electron chi connectivity index (χ0n) is 11.2. The molecule has 7 heteroatoms. The van der Waals surface area contributed by atoms with Gasteiger partial charge in [-0.05, 0) is 62.8 Å². The maximum atomic E-state index is 5.15. The van der Waals surface area contributed by atoms with Crippen LogP contribution in [0.4, 0.5) is 11.6 Å². The van der Waals surface area contributed by atoms with Crippen LogP contribution in [0.3, 0.4) is 0 Å². The number of para-hydroxylation sites is 1. The monoisotopic (exact) mass is 345 g/mol. The van der Waals surface area contributed by atoms with E-state index < -0.39 is 0 Å². The minimum Gasteiger partial charge on any atom is -0.497 e. The molecule has 0 bridgehead atoms. The first-order valence-corrected chi connectivity index (χ1v) is 7.01. The molecule has 0 radical (unpaired) electrons. The fraction of sp³-hybridized carbons (Fsp3) is 0.0714. The number of hydrogen-bond donors (Lipinski definition) is 1. The molecule has 6 nitrogen and oxygen atoms in total. The van der Waals surface area contributed by atoms with Gasteiger partial charge in [0, 0.05) is 4.47 Å². The Labute approximate surface area is 129 Å². The van der Waals surface area contributed by atoms with Crippen molar-refractivity contribution in [1.29, 1.82) is 0 Å².